The van der Waals surface area contributed by atoms with Crippen molar-refractivity contribution < 1.29 is 14.3 Å². The number of pyridine rings is 1. The van der Waals surface area contributed by atoms with Crippen molar-refractivity contribution in [2.75, 3.05) is 14.2 Å². The van der Waals surface area contributed by atoms with Crippen LogP contribution >= 0.6 is 11.3 Å². The third-order valence-corrected chi connectivity index (χ3v) is 3.77. The summed E-state index contributed by atoms with van der Waals surface area (Å²) >= 11 is 1.13. The number of amides is 1. The van der Waals surface area contributed by atoms with E-state index in [1.54, 1.807) is 36.5 Å². The average Bonchev–Trinajstić information content (AvgIpc) is 2.96. The Morgan fingerprint density at radius 2 is 1.85 bits per heavy atom. The Bertz CT molecular complexity index is 610. The average molecular weight is 290 g/mol. The largest absolute Gasteiger partial charge is 0.465 e. The third kappa shape index (κ3) is 3.21. The van der Waals surface area contributed by atoms with E-state index in [0.29, 0.717) is 16.3 Å². The van der Waals surface area contributed by atoms with E-state index in [2.05, 4.69) is 9.72 Å². The van der Waals surface area contributed by atoms with Crippen LogP contribution in [-0.2, 0) is 11.3 Å². The lowest BCUT2D eigenvalue weighted by Crippen LogP contribution is -2.25. The van der Waals surface area contributed by atoms with E-state index in [1.807, 2.05) is 12.1 Å². The van der Waals surface area contributed by atoms with E-state index in [1.165, 1.54) is 7.11 Å². The summed E-state index contributed by atoms with van der Waals surface area (Å²) in [7, 11) is 3.04. The number of hydrogen-bond acceptors (Lipinski definition) is 5. The first-order valence-corrected chi connectivity index (χ1v) is 6.76. The van der Waals surface area contributed by atoms with Crippen LogP contribution in [0, 0.1) is 0 Å². The van der Waals surface area contributed by atoms with E-state index in [4.69, 9.17) is 0 Å². The fourth-order valence-corrected chi connectivity index (χ4v) is 2.60. The number of thiophene rings is 1. The summed E-state index contributed by atoms with van der Waals surface area (Å²) in [5, 5.41) is 0. The second kappa shape index (κ2) is 6.29. The molecule has 0 bridgehead atoms. The molecule has 0 unspecified atom stereocenters. The van der Waals surface area contributed by atoms with Gasteiger partial charge in [0.25, 0.3) is 5.91 Å². The van der Waals surface area contributed by atoms with Crippen molar-refractivity contribution in [1.82, 2.24) is 9.88 Å². The van der Waals surface area contributed by atoms with Gasteiger partial charge in [-0.15, -0.1) is 11.3 Å². The molecule has 0 spiro atoms. The Morgan fingerprint density at radius 3 is 2.50 bits per heavy atom. The quantitative estimate of drug-likeness (QED) is 0.810. The highest BCUT2D eigenvalue weighted by Gasteiger charge is 2.17. The SMILES string of the molecule is COC(=O)c1ccc(C(=O)N(C)Cc2ccncc2)s1. The standard InChI is InChI=1S/C14H14N2O3S/c1-16(9-10-5-7-15-8-6-10)13(17)11-3-4-12(20-11)14(18)19-2/h3-8H,9H2,1-2H3. The minimum Gasteiger partial charge on any atom is -0.465 e. The number of carbonyl (C=O) groups is 2. The Kier molecular flexibility index (Phi) is 4.47. The Hall–Kier alpha value is -2.21. The van der Waals surface area contributed by atoms with Gasteiger partial charge in [-0.2, -0.15) is 0 Å². The maximum atomic E-state index is 12.2. The lowest BCUT2D eigenvalue weighted by Gasteiger charge is -2.16. The van der Waals surface area contributed by atoms with Crippen LogP contribution in [0.15, 0.2) is 36.7 Å². The summed E-state index contributed by atoms with van der Waals surface area (Å²) in [6.07, 6.45) is 3.38. The van der Waals surface area contributed by atoms with Gasteiger partial charge in [-0.25, -0.2) is 4.79 Å². The predicted octanol–water partition coefficient (Wildman–Crippen LogP) is 2.20. The zero-order chi connectivity index (χ0) is 14.5. The molecule has 2 rings (SSSR count). The predicted molar refractivity (Wildman–Crippen MR) is 75.7 cm³/mol. The number of aromatic nitrogens is 1. The van der Waals surface area contributed by atoms with Gasteiger partial charge in [0.2, 0.25) is 0 Å². The van der Waals surface area contributed by atoms with Gasteiger partial charge in [0, 0.05) is 26.0 Å². The van der Waals surface area contributed by atoms with Crippen LogP contribution in [0.3, 0.4) is 0 Å². The van der Waals surface area contributed by atoms with Crippen molar-refractivity contribution in [3.05, 3.63) is 52.0 Å². The van der Waals surface area contributed by atoms with Crippen molar-refractivity contribution in [1.29, 1.82) is 0 Å². The molecule has 2 aromatic heterocycles. The third-order valence-electron chi connectivity index (χ3n) is 2.72. The lowest BCUT2D eigenvalue weighted by molar-refractivity contribution is 0.0606. The highest BCUT2D eigenvalue weighted by atomic mass is 32.1. The molecule has 0 aliphatic rings. The molecular formula is C14H14N2O3S. The van der Waals surface area contributed by atoms with E-state index < -0.39 is 5.97 Å². The maximum Gasteiger partial charge on any atom is 0.348 e. The van der Waals surface area contributed by atoms with Crippen LogP contribution in [0.25, 0.3) is 0 Å². The first-order valence-electron chi connectivity index (χ1n) is 5.94. The number of hydrogen-bond donors (Lipinski definition) is 0. The highest BCUT2D eigenvalue weighted by Crippen LogP contribution is 2.19. The van der Waals surface area contributed by atoms with Crippen LogP contribution in [0.2, 0.25) is 0 Å². The number of nitrogens with zero attached hydrogens (tertiary/aromatic N) is 2. The van der Waals surface area contributed by atoms with Crippen molar-refractivity contribution in [2.45, 2.75) is 6.54 Å². The molecule has 0 fully saturated rings. The molecule has 0 aliphatic carbocycles. The van der Waals surface area contributed by atoms with E-state index >= 15 is 0 Å². The molecular weight excluding hydrogens is 276 g/mol. The van der Waals surface area contributed by atoms with Gasteiger partial charge in [-0.1, -0.05) is 0 Å². The normalized spacial score (nSPS) is 10.1. The summed E-state index contributed by atoms with van der Waals surface area (Å²) in [5.74, 6) is -0.548. The van der Waals surface area contributed by atoms with Gasteiger partial charge in [0.1, 0.15) is 4.88 Å². The van der Waals surface area contributed by atoms with E-state index in [9.17, 15) is 9.59 Å². The molecule has 2 aromatic rings. The summed E-state index contributed by atoms with van der Waals surface area (Å²) < 4.78 is 4.63. The van der Waals surface area contributed by atoms with Gasteiger partial charge >= 0.3 is 5.97 Å². The number of esters is 1. The molecule has 0 atom stereocenters. The second-order valence-corrected chi connectivity index (χ2v) is 5.26. The minimum absolute atomic E-state index is 0.123. The van der Waals surface area contributed by atoms with E-state index in [0.717, 1.165) is 16.9 Å². The summed E-state index contributed by atoms with van der Waals surface area (Å²) in [6.45, 7) is 0.493. The van der Waals surface area contributed by atoms with Gasteiger partial charge in [0.15, 0.2) is 0 Å². The molecule has 20 heavy (non-hydrogen) atoms. The molecule has 0 radical (unpaired) electrons. The lowest BCUT2D eigenvalue weighted by atomic mass is 10.2. The zero-order valence-corrected chi connectivity index (χ0v) is 12.0. The summed E-state index contributed by atoms with van der Waals surface area (Å²) in [6, 6.07) is 6.96. The first-order chi connectivity index (χ1) is 9.61. The van der Waals surface area contributed by atoms with E-state index in [-0.39, 0.29) is 5.91 Å². The Morgan fingerprint density at radius 1 is 1.20 bits per heavy atom. The van der Waals surface area contributed by atoms with Crippen molar-refractivity contribution in [3.8, 4) is 0 Å². The molecule has 1 amide bonds. The van der Waals surface area contributed by atoms with Gasteiger partial charge in [0.05, 0.1) is 12.0 Å². The molecule has 0 saturated carbocycles. The first kappa shape index (κ1) is 14.2. The number of methoxy groups -OCH3 is 1. The Labute approximate surface area is 120 Å². The smallest absolute Gasteiger partial charge is 0.348 e. The molecule has 6 heteroatoms. The second-order valence-electron chi connectivity index (χ2n) is 4.17. The highest BCUT2D eigenvalue weighted by molar-refractivity contribution is 7.15. The van der Waals surface area contributed by atoms with Crippen molar-refractivity contribution in [2.24, 2.45) is 0 Å². The van der Waals surface area contributed by atoms with Gasteiger partial charge in [-0.05, 0) is 29.8 Å². The number of ether oxygens (including phenoxy) is 1. The number of carbonyl (C=O) groups excluding carboxylic acids is 2. The van der Waals surface area contributed by atoms with Crippen LogP contribution in [0.1, 0.15) is 24.9 Å². The zero-order valence-electron chi connectivity index (χ0n) is 11.2. The van der Waals surface area contributed by atoms with Crippen molar-refractivity contribution >= 4 is 23.2 Å². The maximum absolute atomic E-state index is 12.2. The Balaban J connectivity index is 2.07. The summed E-state index contributed by atoms with van der Waals surface area (Å²) in [5.41, 5.74) is 1.00. The van der Waals surface area contributed by atoms with Gasteiger partial charge < -0.3 is 9.64 Å². The molecule has 5 nitrogen and oxygen atoms in total. The number of rotatable bonds is 4. The molecule has 0 N–H and O–H groups in total. The van der Waals surface area contributed by atoms with Gasteiger partial charge in [-0.3, -0.25) is 9.78 Å². The molecule has 104 valence electrons. The summed E-state index contributed by atoms with van der Waals surface area (Å²) in [4.78, 5) is 30.1. The minimum atomic E-state index is -0.425. The molecule has 0 aliphatic heterocycles. The van der Waals surface area contributed by atoms with Crippen LogP contribution in [0.4, 0.5) is 0 Å². The monoisotopic (exact) mass is 290 g/mol. The molecule has 2 heterocycles. The molecule has 0 saturated heterocycles. The topological polar surface area (TPSA) is 59.5 Å². The van der Waals surface area contributed by atoms with Crippen molar-refractivity contribution in [3.63, 3.8) is 0 Å². The van der Waals surface area contributed by atoms with Crippen LogP contribution in [-0.4, -0.2) is 35.9 Å². The fourth-order valence-electron chi connectivity index (χ4n) is 1.69. The fraction of sp³-hybridized carbons (Fsp3) is 0.214. The molecule has 0 aromatic carbocycles. The van der Waals surface area contributed by atoms with Crippen LogP contribution < -0.4 is 0 Å². The van der Waals surface area contributed by atoms with Crippen LogP contribution in [0.5, 0.6) is 0 Å².